The zero-order chi connectivity index (χ0) is 15.5. The number of hydrogen-bond donors (Lipinski definition) is 0. The van der Waals surface area contributed by atoms with Crippen LogP contribution in [0.2, 0.25) is 0 Å². The van der Waals surface area contributed by atoms with Crippen molar-refractivity contribution < 1.29 is 18.0 Å². The third-order valence-corrected chi connectivity index (χ3v) is 4.26. The Hall–Kier alpha value is -1.23. The lowest BCUT2D eigenvalue weighted by atomic mass is 9.98. The third kappa shape index (κ3) is 4.37. The highest BCUT2D eigenvalue weighted by atomic mass is 35.5. The molecular formula is C15H17ClF3NO. The number of carbonyl (C=O) groups excluding carboxylic acids is 1. The molecule has 1 aromatic carbocycles. The molecule has 116 valence electrons. The third-order valence-electron chi connectivity index (χ3n) is 3.82. The van der Waals surface area contributed by atoms with E-state index >= 15 is 0 Å². The summed E-state index contributed by atoms with van der Waals surface area (Å²) in [6, 6.07) is 4.77. The van der Waals surface area contributed by atoms with Gasteiger partial charge in [-0.05, 0) is 36.5 Å². The monoisotopic (exact) mass is 319 g/mol. The van der Waals surface area contributed by atoms with Crippen LogP contribution in [0.5, 0.6) is 0 Å². The van der Waals surface area contributed by atoms with Crippen molar-refractivity contribution in [1.29, 1.82) is 0 Å². The maximum absolute atomic E-state index is 12.5. The van der Waals surface area contributed by atoms with Crippen molar-refractivity contribution in [1.82, 2.24) is 4.90 Å². The predicted octanol–water partition coefficient (Wildman–Crippen LogP) is 3.73. The Morgan fingerprint density at radius 3 is 2.24 bits per heavy atom. The van der Waals surface area contributed by atoms with E-state index < -0.39 is 11.7 Å². The van der Waals surface area contributed by atoms with Crippen molar-refractivity contribution in [2.45, 2.75) is 25.4 Å². The van der Waals surface area contributed by atoms with E-state index in [4.69, 9.17) is 11.6 Å². The first-order valence-corrected chi connectivity index (χ1v) is 7.43. The van der Waals surface area contributed by atoms with Crippen molar-refractivity contribution >= 4 is 17.5 Å². The average molecular weight is 320 g/mol. The number of amides is 1. The molecule has 1 fully saturated rings. The number of halogens is 4. The summed E-state index contributed by atoms with van der Waals surface area (Å²) in [6.07, 6.45) is -2.42. The molecule has 2 rings (SSSR count). The molecule has 0 spiro atoms. The Bertz CT molecular complexity index is 479. The zero-order valence-corrected chi connectivity index (χ0v) is 12.3. The second-order valence-electron chi connectivity index (χ2n) is 5.35. The second-order valence-corrected chi connectivity index (χ2v) is 5.66. The maximum atomic E-state index is 12.5. The van der Waals surface area contributed by atoms with Gasteiger partial charge >= 0.3 is 6.18 Å². The van der Waals surface area contributed by atoms with Crippen LogP contribution in [0.1, 0.15) is 24.0 Å². The predicted molar refractivity (Wildman–Crippen MR) is 75.2 cm³/mol. The minimum absolute atomic E-state index is 0.0391. The zero-order valence-electron chi connectivity index (χ0n) is 11.5. The molecule has 1 aliphatic rings. The fourth-order valence-corrected chi connectivity index (χ4v) is 2.74. The summed E-state index contributed by atoms with van der Waals surface area (Å²) in [5.74, 6) is 1.03. The number of hydrogen-bond acceptors (Lipinski definition) is 1. The Kier molecular flexibility index (Phi) is 5.14. The molecule has 0 radical (unpaired) electrons. The van der Waals surface area contributed by atoms with Crippen LogP contribution < -0.4 is 0 Å². The lowest BCUT2D eigenvalue weighted by molar-refractivity contribution is -0.137. The van der Waals surface area contributed by atoms with Gasteiger partial charge in [0.25, 0.3) is 0 Å². The first-order valence-electron chi connectivity index (χ1n) is 6.90. The molecule has 1 amide bonds. The molecule has 1 heterocycles. The largest absolute Gasteiger partial charge is 0.416 e. The van der Waals surface area contributed by atoms with Crippen LogP contribution in [-0.4, -0.2) is 29.8 Å². The van der Waals surface area contributed by atoms with Crippen molar-refractivity contribution in [3.05, 3.63) is 35.4 Å². The fraction of sp³-hybridized carbons (Fsp3) is 0.533. The van der Waals surface area contributed by atoms with Gasteiger partial charge < -0.3 is 4.90 Å². The molecule has 1 aliphatic heterocycles. The second kappa shape index (κ2) is 6.69. The molecule has 6 heteroatoms. The number of piperidine rings is 1. The van der Waals surface area contributed by atoms with Crippen LogP contribution >= 0.6 is 11.6 Å². The Morgan fingerprint density at radius 1 is 1.19 bits per heavy atom. The number of benzene rings is 1. The first-order chi connectivity index (χ1) is 9.90. The summed E-state index contributed by atoms with van der Waals surface area (Å²) in [6.45, 7) is 1.35. The van der Waals surface area contributed by atoms with Crippen LogP contribution in [0.4, 0.5) is 13.2 Å². The molecule has 0 atom stereocenters. The number of alkyl halides is 4. The molecule has 21 heavy (non-hydrogen) atoms. The Balaban J connectivity index is 1.91. The Morgan fingerprint density at radius 2 is 1.76 bits per heavy atom. The number of nitrogens with zero attached hydrogens (tertiary/aromatic N) is 1. The molecule has 1 saturated heterocycles. The summed E-state index contributed by atoms with van der Waals surface area (Å²) in [7, 11) is 0. The van der Waals surface area contributed by atoms with Crippen molar-refractivity contribution in [2.75, 3.05) is 19.0 Å². The Labute approximate surface area is 126 Å². The summed E-state index contributed by atoms with van der Waals surface area (Å²) in [4.78, 5) is 13.9. The van der Waals surface area contributed by atoms with E-state index in [-0.39, 0.29) is 12.3 Å². The van der Waals surface area contributed by atoms with Crippen LogP contribution in [0, 0.1) is 5.92 Å². The number of likely N-dealkylation sites (tertiary alicyclic amines) is 1. The van der Waals surface area contributed by atoms with Gasteiger partial charge in [0.15, 0.2) is 0 Å². The number of carbonyl (C=O) groups is 1. The van der Waals surface area contributed by atoms with E-state index in [1.807, 2.05) is 0 Å². The topological polar surface area (TPSA) is 20.3 Å². The molecule has 0 aliphatic carbocycles. The molecule has 0 unspecified atom stereocenters. The summed E-state index contributed by atoms with van der Waals surface area (Å²) >= 11 is 5.79. The van der Waals surface area contributed by atoms with E-state index in [1.54, 1.807) is 4.90 Å². The number of rotatable bonds is 3. The highest BCUT2D eigenvalue weighted by Crippen LogP contribution is 2.29. The summed E-state index contributed by atoms with van der Waals surface area (Å²) < 4.78 is 37.4. The minimum atomic E-state index is -4.34. The van der Waals surface area contributed by atoms with E-state index in [2.05, 4.69) is 0 Å². The SMILES string of the molecule is O=C(Cc1ccc(C(F)(F)F)cc1)N1CCC(CCl)CC1. The maximum Gasteiger partial charge on any atom is 0.416 e. The quantitative estimate of drug-likeness (QED) is 0.777. The molecular weight excluding hydrogens is 303 g/mol. The van der Waals surface area contributed by atoms with Gasteiger partial charge in [0.2, 0.25) is 5.91 Å². The van der Waals surface area contributed by atoms with Crippen molar-refractivity contribution in [2.24, 2.45) is 5.92 Å². The van der Waals surface area contributed by atoms with Gasteiger partial charge in [-0.1, -0.05) is 12.1 Å². The highest BCUT2D eigenvalue weighted by molar-refractivity contribution is 6.18. The molecule has 0 bridgehead atoms. The first kappa shape index (κ1) is 16.1. The van der Waals surface area contributed by atoms with Gasteiger partial charge in [0.1, 0.15) is 0 Å². The van der Waals surface area contributed by atoms with Gasteiger partial charge in [-0.25, -0.2) is 0 Å². The van der Waals surface area contributed by atoms with Gasteiger partial charge in [-0.15, -0.1) is 11.6 Å². The van der Waals surface area contributed by atoms with Gasteiger partial charge in [-0.2, -0.15) is 13.2 Å². The van der Waals surface area contributed by atoms with Crippen LogP contribution in [0.15, 0.2) is 24.3 Å². The van der Waals surface area contributed by atoms with Crippen molar-refractivity contribution in [3.63, 3.8) is 0 Å². The molecule has 1 aromatic rings. The van der Waals surface area contributed by atoms with E-state index in [9.17, 15) is 18.0 Å². The summed E-state index contributed by atoms with van der Waals surface area (Å²) in [5, 5.41) is 0. The molecule has 0 saturated carbocycles. The van der Waals surface area contributed by atoms with Crippen LogP contribution in [0.3, 0.4) is 0 Å². The van der Waals surface area contributed by atoms with Gasteiger partial charge in [-0.3, -0.25) is 4.79 Å². The van der Waals surface area contributed by atoms with Crippen LogP contribution in [-0.2, 0) is 17.4 Å². The van der Waals surface area contributed by atoms with E-state index in [0.717, 1.165) is 25.0 Å². The average Bonchev–Trinajstić information content (AvgIpc) is 2.47. The smallest absolute Gasteiger partial charge is 0.342 e. The molecule has 2 nitrogen and oxygen atoms in total. The standard InChI is InChI=1S/C15H17ClF3NO/c16-10-12-5-7-20(8-6-12)14(21)9-11-1-3-13(4-2-11)15(17,18)19/h1-4,12H,5-10H2. The fourth-order valence-electron chi connectivity index (χ4n) is 2.43. The van der Waals surface area contributed by atoms with E-state index in [1.165, 1.54) is 12.1 Å². The molecule has 0 N–H and O–H groups in total. The normalized spacial score (nSPS) is 17.0. The minimum Gasteiger partial charge on any atom is -0.342 e. The van der Waals surface area contributed by atoms with Crippen molar-refractivity contribution in [3.8, 4) is 0 Å². The van der Waals surface area contributed by atoms with Crippen LogP contribution in [0.25, 0.3) is 0 Å². The lowest BCUT2D eigenvalue weighted by Gasteiger charge is -2.31. The van der Waals surface area contributed by atoms with Gasteiger partial charge in [0, 0.05) is 19.0 Å². The lowest BCUT2D eigenvalue weighted by Crippen LogP contribution is -2.39. The van der Waals surface area contributed by atoms with E-state index in [0.29, 0.717) is 30.5 Å². The van der Waals surface area contributed by atoms with Gasteiger partial charge in [0.05, 0.1) is 12.0 Å². The highest BCUT2D eigenvalue weighted by Gasteiger charge is 2.30. The summed E-state index contributed by atoms with van der Waals surface area (Å²) in [5.41, 5.74) is -0.0888. The molecule has 0 aromatic heterocycles.